The van der Waals surface area contributed by atoms with Crippen molar-refractivity contribution in [1.82, 2.24) is 14.5 Å². The van der Waals surface area contributed by atoms with Crippen molar-refractivity contribution in [3.8, 4) is 0 Å². The summed E-state index contributed by atoms with van der Waals surface area (Å²) >= 11 is 0. The van der Waals surface area contributed by atoms with Gasteiger partial charge in [0.05, 0.1) is 0 Å². The molecule has 16 nitrogen and oxygen atoms in total. The normalized spacial score (nSPS) is 28.4. The molecule has 210 valence electrons. The van der Waals surface area contributed by atoms with Crippen molar-refractivity contribution in [2.24, 2.45) is 0 Å². The summed E-state index contributed by atoms with van der Waals surface area (Å²) in [5.74, 6) is -1.23. The number of rotatable bonds is 9. The minimum Gasteiger partial charge on any atom is -0.387 e. The summed E-state index contributed by atoms with van der Waals surface area (Å²) in [5.41, 5.74) is -7.20. The van der Waals surface area contributed by atoms with Gasteiger partial charge in [0, 0.05) is 6.20 Å². The zero-order valence-corrected chi connectivity index (χ0v) is 21.6. The molecule has 2 aromatic heterocycles. The fourth-order valence-corrected chi connectivity index (χ4v) is 7.09. The van der Waals surface area contributed by atoms with E-state index in [1.54, 1.807) is 0 Å². The highest BCUT2D eigenvalue weighted by molar-refractivity contribution is 7.66. The number of aliphatic hydroxyl groups excluding tert-OH is 1. The molecule has 1 saturated heterocycles. The first kappa shape index (κ1) is 30.1. The third-order valence-corrected chi connectivity index (χ3v) is 9.16. The molecule has 6 N–H and O–H groups in total. The highest BCUT2D eigenvalue weighted by Gasteiger charge is 2.63. The van der Waals surface area contributed by atoms with Crippen LogP contribution in [0.1, 0.15) is 25.9 Å². The van der Waals surface area contributed by atoms with E-state index < -0.39 is 82.3 Å². The van der Waals surface area contributed by atoms with Crippen molar-refractivity contribution in [3.05, 3.63) is 28.2 Å². The van der Waals surface area contributed by atoms with Crippen LogP contribution in [0.25, 0.3) is 11.0 Å². The van der Waals surface area contributed by atoms with Crippen LogP contribution in [0.3, 0.4) is 0 Å². The molecule has 1 fully saturated rings. The molecule has 0 aromatic carbocycles. The lowest BCUT2D eigenvalue weighted by molar-refractivity contribution is -0.118. The van der Waals surface area contributed by atoms with Gasteiger partial charge in [-0.1, -0.05) is 0 Å². The van der Waals surface area contributed by atoms with E-state index in [0.717, 1.165) is 13.8 Å². The third-order valence-electron chi connectivity index (χ3n) is 5.13. The number of aromatic amines is 1. The molecular weight excluding hydrogens is 580 g/mol. The monoisotopic (exact) mass is 601 g/mol. The summed E-state index contributed by atoms with van der Waals surface area (Å²) in [6.07, 6.45) is -6.24. The summed E-state index contributed by atoms with van der Waals surface area (Å²) < 4.78 is 96.7. The fraction of sp³-hybridized carbons (Fsp3) is 0.600. The van der Waals surface area contributed by atoms with E-state index in [-0.39, 0.29) is 5.82 Å². The van der Waals surface area contributed by atoms with E-state index in [9.17, 15) is 42.2 Å². The Bertz CT molecular complexity index is 1410. The number of halogens is 3. The Morgan fingerprint density at radius 3 is 2.35 bits per heavy atom. The van der Waals surface area contributed by atoms with Gasteiger partial charge in [-0.2, -0.15) is 8.62 Å². The molecule has 0 saturated carbocycles. The van der Waals surface area contributed by atoms with Crippen LogP contribution in [-0.2, 0) is 31.6 Å². The smallest absolute Gasteiger partial charge is 0.387 e. The van der Waals surface area contributed by atoms with Crippen LogP contribution in [0.4, 0.5) is 13.2 Å². The quantitative estimate of drug-likeness (QED) is 0.222. The first-order valence-electron chi connectivity index (χ1n) is 9.82. The maximum Gasteiger partial charge on any atom is 0.490 e. The number of H-pyrrole nitrogens is 1. The van der Waals surface area contributed by atoms with Gasteiger partial charge in [-0.3, -0.25) is 13.9 Å². The average molecular weight is 601 g/mol. The number of phosphoric acid groups is 3. The number of nitrogens with one attached hydrogen (secondary N) is 1. The maximum atomic E-state index is 15.8. The van der Waals surface area contributed by atoms with E-state index in [4.69, 9.17) is 14.5 Å². The number of hydrogen-bond acceptors (Lipinski definition) is 10. The fourth-order valence-electron chi connectivity index (χ4n) is 3.76. The van der Waals surface area contributed by atoms with Crippen molar-refractivity contribution in [2.45, 2.75) is 50.5 Å². The zero-order valence-electron chi connectivity index (χ0n) is 18.9. The van der Waals surface area contributed by atoms with Crippen LogP contribution in [0.5, 0.6) is 0 Å². The van der Waals surface area contributed by atoms with E-state index in [1.165, 1.54) is 6.92 Å². The van der Waals surface area contributed by atoms with Gasteiger partial charge < -0.3 is 34.4 Å². The van der Waals surface area contributed by atoms with Gasteiger partial charge in [-0.25, -0.2) is 31.9 Å². The molecule has 0 radical (unpaired) electrons. The standard InChI is InChI=1S/C15H21F3N3O13P3/c1-6-19-11-8(12(23)20-6)7(17)4-21(11)13-15(18,5-16)9(22)10(31-13)14(2,3)32-36(27,28)34-37(29,30)33-35(24,25)26/h4,9-10,13,22H,5H2,1-3H3,(H,27,28)(H,29,30)(H,19,20,23)(H2,24,25,26)/t9-,10-,13+,15?/m0/s1. The molecule has 2 aromatic rings. The first-order chi connectivity index (χ1) is 16.6. The van der Waals surface area contributed by atoms with Crippen molar-refractivity contribution < 1.29 is 69.4 Å². The Morgan fingerprint density at radius 1 is 1.22 bits per heavy atom. The second kappa shape index (κ2) is 9.62. The summed E-state index contributed by atoms with van der Waals surface area (Å²) in [5, 5.41) is 9.95. The lowest BCUT2D eigenvalue weighted by Crippen LogP contribution is -2.50. The number of nitrogens with zero attached hydrogens (tertiary/aromatic N) is 2. The predicted molar refractivity (Wildman–Crippen MR) is 114 cm³/mol. The molecule has 1 aliphatic heterocycles. The molecule has 0 aliphatic carbocycles. The number of hydrogen-bond donors (Lipinski definition) is 6. The average Bonchev–Trinajstić information content (AvgIpc) is 3.12. The van der Waals surface area contributed by atoms with Gasteiger partial charge in [-0.15, -0.1) is 0 Å². The van der Waals surface area contributed by atoms with Crippen molar-refractivity contribution in [3.63, 3.8) is 0 Å². The zero-order chi connectivity index (χ0) is 28.4. The molecular formula is C15H21F3N3O13P3. The summed E-state index contributed by atoms with van der Waals surface area (Å²) in [6.45, 7) is 1.11. The Hall–Kier alpha value is -1.46. The van der Waals surface area contributed by atoms with Gasteiger partial charge in [0.2, 0.25) is 5.67 Å². The van der Waals surface area contributed by atoms with E-state index in [1.807, 2.05) is 0 Å². The number of phosphoric ester groups is 1. The van der Waals surface area contributed by atoms with Crippen molar-refractivity contribution in [2.75, 3.05) is 6.67 Å². The van der Waals surface area contributed by atoms with Gasteiger partial charge in [-0.05, 0) is 20.8 Å². The Kier molecular flexibility index (Phi) is 7.83. The lowest BCUT2D eigenvalue weighted by atomic mass is 9.89. The molecule has 0 amide bonds. The van der Waals surface area contributed by atoms with E-state index >= 15 is 4.39 Å². The lowest BCUT2D eigenvalue weighted by Gasteiger charge is -2.34. The van der Waals surface area contributed by atoms with Crippen molar-refractivity contribution >= 4 is 34.5 Å². The summed E-state index contributed by atoms with van der Waals surface area (Å²) in [6, 6.07) is 0. The molecule has 3 unspecified atom stereocenters. The van der Waals surface area contributed by atoms with E-state index in [0.29, 0.717) is 10.8 Å². The van der Waals surface area contributed by atoms with E-state index in [2.05, 4.69) is 23.1 Å². The van der Waals surface area contributed by atoms with Crippen LogP contribution in [0.2, 0.25) is 0 Å². The van der Waals surface area contributed by atoms with Crippen LogP contribution in [-0.4, -0.2) is 69.4 Å². The van der Waals surface area contributed by atoms with Crippen LogP contribution in [0, 0.1) is 12.7 Å². The molecule has 37 heavy (non-hydrogen) atoms. The number of fused-ring (bicyclic) bond motifs is 1. The molecule has 0 spiro atoms. The summed E-state index contributed by atoms with van der Waals surface area (Å²) in [7, 11) is -17.4. The second-order valence-electron chi connectivity index (χ2n) is 8.43. The minimum absolute atomic E-state index is 0.0374. The van der Waals surface area contributed by atoms with Gasteiger partial charge >= 0.3 is 23.5 Å². The van der Waals surface area contributed by atoms with Gasteiger partial charge in [0.1, 0.15) is 35.7 Å². The molecule has 1 aliphatic rings. The highest BCUT2D eigenvalue weighted by Crippen LogP contribution is 2.67. The summed E-state index contributed by atoms with van der Waals surface area (Å²) in [4.78, 5) is 54.6. The SMILES string of the molecule is Cc1nc2c(c(F)cn2[C@@H]2O[C@H](C(C)(C)OP(=O)(O)OP(=O)(O)OP(=O)(O)O)[C@H](O)C2(F)CF)c(=O)[nH]1. The van der Waals surface area contributed by atoms with Crippen LogP contribution in [0.15, 0.2) is 11.0 Å². The number of aliphatic hydroxyl groups is 1. The minimum atomic E-state index is -5.92. The van der Waals surface area contributed by atoms with Gasteiger partial charge in [0.25, 0.3) is 5.56 Å². The largest absolute Gasteiger partial charge is 0.490 e. The highest BCUT2D eigenvalue weighted by atomic mass is 31.3. The van der Waals surface area contributed by atoms with Crippen LogP contribution < -0.4 is 5.56 Å². The number of ether oxygens (including phenoxy) is 1. The van der Waals surface area contributed by atoms with Crippen LogP contribution >= 0.6 is 23.5 Å². The first-order valence-corrected chi connectivity index (χ1v) is 14.3. The Balaban J connectivity index is 1.98. The second-order valence-corrected chi connectivity index (χ2v) is 12.8. The number of alkyl halides is 2. The maximum absolute atomic E-state index is 15.8. The predicted octanol–water partition coefficient (Wildman–Crippen LogP) is 1.23. The molecule has 0 bridgehead atoms. The number of aryl methyl sites for hydroxylation is 1. The molecule has 6 atom stereocenters. The number of aromatic nitrogens is 3. The Morgan fingerprint density at radius 2 is 1.81 bits per heavy atom. The third kappa shape index (κ3) is 6.08. The van der Waals surface area contributed by atoms with Gasteiger partial charge in [0.15, 0.2) is 17.7 Å². The molecule has 3 rings (SSSR count). The topological polar surface area (TPSA) is 240 Å². The molecule has 22 heteroatoms. The van der Waals surface area contributed by atoms with Crippen molar-refractivity contribution in [1.29, 1.82) is 0 Å². The molecule has 3 heterocycles. The Labute approximate surface area is 204 Å².